The third-order valence-electron chi connectivity index (χ3n) is 2.09. The standard InChI is InChI=1S/C12H9FN4O/c1-8-16-11(6-14)12(18-8)17-15-7-9-2-4-10(13)5-3-9/h2-5,7,17H,1H3. The van der Waals surface area contributed by atoms with Crippen molar-refractivity contribution in [1.29, 1.82) is 5.26 Å². The molecule has 0 unspecified atom stereocenters. The smallest absolute Gasteiger partial charge is 0.252 e. The summed E-state index contributed by atoms with van der Waals surface area (Å²) in [5.41, 5.74) is 3.44. The summed E-state index contributed by atoms with van der Waals surface area (Å²) < 4.78 is 17.8. The molecule has 0 radical (unpaired) electrons. The van der Waals surface area contributed by atoms with E-state index in [1.807, 2.05) is 6.07 Å². The maximum Gasteiger partial charge on any atom is 0.252 e. The SMILES string of the molecule is Cc1nc(C#N)c(NN=Cc2ccc(F)cc2)o1. The highest BCUT2D eigenvalue weighted by Gasteiger charge is 2.08. The highest BCUT2D eigenvalue weighted by atomic mass is 19.1. The first-order chi connectivity index (χ1) is 8.69. The Morgan fingerprint density at radius 1 is 1.44 bits per heavy atom. The average molecular weight is 244 g/mol. The Morgan fingerprint density at radius 2 is 2.17 bits per heavy atom. The van der Waals surface area contributed by atoms with E-state index in [0.717, 1.165) is 5.56 Å². The van der Waals surface area contributed by atoms with Gasteiger partial charge >= 0.3 is 0 Å². The van der Waals surface area contributed by atoms with Crippen molar-refractivity contribution in [3.05, 3.63) is 47.2 Å². The lowest BCUT2D eigenvalue weighted by atomic mass is 10.2. The van der Waals surface area contributed by atoms with Crippen LogP contribution in [0.5, 0.6) is 0 Å². The van der Waals surface area contributed by atoms with Crippen molar-refractivity contribution in [3.63, 3.8) is 0 Å². The molecule has 90 valence electrons. The summed E-state index contributed by atoms with van der Waals surface area (Å²) in [7, 11) is 0. The quantitative estimate of drug-likeness (QED) is 0.664. The van der Waals surface area contributed by atoms with Crippen LogP contribution in [-0.4, -0.2) is 11.2 Å². The lowest BCUT2D eigenvalue weighted by Crippen LogP contribution is -1.91. The van der Waals surface area contributed by atoms with Gasteiger partial charge in [0.25, 0.3) is 5.88 Å². The second-order valence-electron chi connectivity index (χ2n) is 3.44. The summed E-state index contributed by atoms with van der Waals surface area (Å²) in [6.45, 7) is 1.63. The molecular weight excluding hydrogens is 235 g/mol. The van der Waals surface area contributed by atoms with E-state index in [9.17, 15) is 4.39 Å². The van der Waals surface area contributed by atoms with Crippen LogP contribution in [0.4, 0.5) is 10.3 Å². The number of aromatic nitrogens is 1. The monoisotopic (exact) mass is 244 g/mol. The predicted molar refractivity (Wildman–Crippen MR) is 63.6 cm³/mol. The van der Waals surface area contributed by atoms with Gasteiger partial charge in [0, 0.05) is 6.92 Å². The fourth-order valence-corrected chi connectivity index (χ4v) is 1.29. The number of halogens is 1. The van der Waals surface area contributed by atoms with Gasteiger partial charge in [-0.15, -0.1) is 0 Å². The summed E-state index contributed by atoms with van der Waals surface area (Å²) in [5.74, 6) is 0.261. The van der Waals surface area contributed by atoms with E-state index in [0.29, 0.717) is 5.89 Å². The molecule has 0 saturated carbocycles. The summed E-state index contributed by atoms with van der Waals surface area (Å²) in [6.07, 6.45) is 1.48. The number of aryl methyl sites for hydroxylation is 1. The van der Waals surface area contributed by atoms with Crippen LogP contribution >= 0.6 is 0 Å². The van der Waals surface area contributed by atoms with Crippen molar-refractivity contribution in [3.8, 4) is 6.07 Å². The minimum atomic E-state index is -0.308. The molecule has 1 N–H and O–H groups in total. The van der Waals surface area contributed by atoms with Crippen LogP contribution in [0.3, 0.4) is 0 Å². The zero-order chi connectivity index (χ0) is 13.0. The summed E-state index contributed by atoms with van der Waals surface area (Å²) in [6, 6.07) is 7.71. The Morgan fingerprint density at radius 3 is 2.83 bits per heavy atom. The van der Waals surface area contributed by atoms with Crippen LogP contribution in [0.1, 0.15) is 17.1 Å². The molecule has 2 rings (SSSR count). The minimum absolute atomic E-state index is 0.142. The first-order valence-electron chi connectivity index (χ1n) is 5.11. The van der Waals surface area contributed by atoms with Crippen LogP contribution in [-0.2, 0) is 0 Å². The highest BCUT2D eigenvalue weighted by molar-refractivity contribution is 5.80. The lowest BCUT2D eigenvalue weighted by Gasteiger charge is -1.94. The molecule has 2 aromatic rings. The molecule has 0 amide bonds. The van der Waals surface area contributed by atoms with E-state index in [1.54, 1.807) is 19.1 Å². The third-order valence-corrected chi connectivity index (χ3v) is 2.09. The number of nitrogens with one attached hydrogen (secondary N) is 1. The first kappa shape index (κ1) is 11.8. The van der Waals surface area contributed by atoms with Crippen LogP contribution < -0.4 is 5.43 Å². The van der Waals surface area contributed by atoms with E-state index >= 15 is 0 Å². The molecule has 0 aliphatic carbocycles. The molecule has 0 saturated heterocycles. The molecule has 1 aromatic heterocycles. The molecule has 0 aliphatic heterocycles. The fraction of sp³-hybridized carbons (Fsp3) is 0.0833. The van der Waals surface area contributed by atoms with Crippen LogP contribution in [0.2, 0.25) is 0 Å². The van der Waals surface area contributed by atoms with E-state index < -0.39 is 0 Å². The van der Waals surface area contributed by atoms with Crippen LogP contribution in [0, 0.1) is 24.1 Å². The van der Waals surface area contributed by atoms with Crippen molar-refractivity contribution in [2.24, 2.45) is 5.10 Å². The minimum Gasteiger partial charge on any atom is -0.422 e. The molecule has 1 heterocycles. The molecular formula is C12H9FN4O. The predicted octanol–water partition coefficient (Wildman–Crippen LogP) is 2.44. The van der Waals surface area contributed by atoms with Crippen molar-refractivity contribution in [2.75, 3.05) is 5.43 Å². The molecule has 0 bridgehead atoms. The zero-order valence-corrected chi connectivity index (χ0v) is 9.51. The Kier molecular flexibility index (Phi) is 3.34. The topological polar surface area (TPSA) is 74.2 Å². The molecule has 18 heavy (non-hydrogen) atoms. The Balaban J connectivity index is 2.07. The molecule has 6 heteroatoms. The Labute approximate surface area is 103 Å². The van der Waals surface area contributed by atoms with Crippen molar-refractivity contribution in [2.45, 2.75) is 6.92 Å². The highest BCUT2D eigenvalue weighted by Crippen LogP contribution is 2.15. The number of nitrogens with zero attached hydrogens (tertiary/aromatic N) is 3. The Hall–Kier alpha value is -2.68. The number of oxazole rings is 1. The van der Waals surface area contributed by atoms with Crippen LogP contribution in [0.25, 0.3) is 0 Å². The normalized spacial score (nSPS) is 10.5. The van der Waals surface area contributed by atoms with E-state index in [-0.39, 0.29) is 17.4 Å². The van der Waals surface area contributed by atoms with Gasteiger partial charge in [0.2, 0.25) is 5.69 Å². The van der Waals surface area contributed by atoms with Gasteiger partial charge < -0.3 is 4.42 Å². The second kappa shape index (κ2) is 5.10. The number of hydrogen-bond acceptors (Lipinski definition) is 5. The van der Waals surface area contributed by atoms with Gasteiger partial charge in [-0.3, -0.25) is 0 Å². The van der Waals surface area contributed by atoms with Gasteiger partial charge in [-0.2, -0.15) is 10.4 Å². The van der Waals surface area contributed by atoms with Gasteiger partial charge in [0.15, 0.2) is 5.89 Å². The number of rotatable bonds is 3. The number of nitriles is 1. The number of hydrogen-bond donors (Lipinski definition) is 1. The maximum atomic E-state index is 12.7. The number of hydrazone groups is 1. The maximum absolute atomic E-state index is 12.7. The first-order valence-corrected chi connectivity index (χ1v) is 5.11. The molecule has 0 aliphatic rings. The summed E-state index contributed by atoms with van der Waals surface area (Å²) in [4.78, 5) is 3.85. The molecule has 0 atom stereocenters. The van der Waals surface area contributed by atoms with Gasteiger partial charge in [0.05, 0.1) is 6.21 Å². The lowest BCUT2D eigenvalue weighted by molar-refractivity contribution is 0.533. The van der Waals surface area contributed by atoms with E-state index in [4.69, 9.17) is 9.68 Å². The molecule has 0 fully saturated rings. The average Bonchev–Trinajstić information content (AvgIpc) is 2.72. The largest absolute Gasteiger partial charge is 0.422 e. The number of benzene rings is 1. The molecule has 5 nitrogen and oxygen atoms in total. The van der Waals surface area contributed by atoms with Gasteiger partial charge in [0.1, 0.15) is 11.9 Å². The van der Waals surface area contributed by atoms with Crippen molar-refractivity contribution >= 4 is 12.1 Å². The zero-order valence-electron chi connectivity index (χ0n) is 9.51. The molecule has 0 spiro atoms. The summed E-state index contributed by atoms with van der Waals surface area (Å²) in [5, 5.41) is 12.7. The van der Waals surface area contributed by atoms with E-state index in [2.05, 4.69) is 15.5 Å². The van der Waals surface area contributed by atoms with E-state index in [1.165, 1.54) is 18.3 Å². The van der Waals surface area contributed by atoms with Crippen molar-refractivity contribution < 1.29 is 8.81 Å². The summed E-state index contributed by atoms with van der Waals surface area (Å²) >= 11 is 0. The fourth-order valence-electron chi connectivity index (χ4n) is 1.29. The van der Waals surface area contributed by atoms with Gasteiger partial charge in [-0.05, 0) is 17.7 Å². The number of anilines is 1. The Bertz CT molecular complexity index is 610. The van der Waals surface area contributed by atoms with Crippen LogP contribution in [0.15, 0.2) is 33.8 Å². The third kappa shape index (κ3) is 2.71. The molecule has 1 aromatic carbocycles. The van der Waals surface area contributed by atoms with Crippen molar-refractivity contribution in [1.82, 2.24) is 4.98 Å². The van der Waals surface area contributed by atoms with Gasteiger partial charge in [-0.25, -0.2) is 14.8 Å². The van der Waals surface area contributed by atoms with Gasteiger partial charge in [-0.1, -0.05) is 12.1 Å². The second-order valence-corrected chi connectivity index (χ2v) is 3.44.